The number of benzene rings is 1. The van der Waals surface area contributed by atoms with Crippen LogP contribution in [0.3, 0.4) is 0 Å². The molecule has 0 fully saturated rings. The summed E-state index contributed by atoms with van der Waals surface area (Å²) in [5, 5.41) is 0. The normalized spacial score (nSPS) is 12.0. The quantitative estimate of drug-likeness (QED) is 0.642. The minimum atomic E-state index is -0.310. The highest BCUT2D eigenvalue weighted by Gasteiger charge is 2.15. The van der Waals surface area contributed by atoms with E-state index in [-0.39, 0.29) is 5.97 Å². The van der Waals surface area contributed by atoms with Gasteiger partial charge in [0.1, 0.15) is 0 Å². The molecule has 1 rings (SSSR count). The predicted octanol–water partition coefficient (Wildman–Crippen LogP) is 2.63. The maximum atomic E-state index is 11.7. The molecule has 1 unspecified atom stereocenters. The maximum Gasteiger partial charge on any atom is 0.338 e. The molecule has 0 heterocycles. The molecule has 2 N–H and O–H groups in total. The SMILES string of the molecule is CCOC(=O)c1ccc(N)c(N(C)C(C)CSC)c1. The summed E-state index contributed by atoms with van der Waals surface area (Å²) in [5.74, 6) is 0.689. The van der Waals surface area contributed by atoms with Crippen LogP contribution in [0.5, 0.6) is 0 Å². The van der Waals surface area contributed by atoms with Crippen molar-refractivity contribution in [3.05, 3.63) is 23.8 Å². The lowest BCUT2D eigenvalue weighted by molar-refractivity contribution is 0.0526. The second kappa shape index (κ2) is 7.28. The Hall–Kier alpha value is -1.36. The molecule has 0 bridgehead atoms. The first-order chi connectivity index (χ1) is 9.01. The van der Waals surface area contributed by atoms with E-state index in [4.69, 9.17) is 10.5 Å². The molecular weight excluding hydrogens is 260 g/mol. The van der Waals surface area contributed by atoms with E-state index in [0.717, 1.165) is 11.4 Å². The number of esters is 1. The van der Waals surface area contributed by atoms with Crippen LogP contribution in [0.1, 0.15) is 24.2 Å². The first-order valence-corrected chi connectivity index (χ1v) is 7.69. The molecule has 0 aromatic heterocycles. The molecule has 0 spiro atoms. The second-order valence-corrected chi connectivity index (χ2v) is 5.32. The van der Waals surface area contributed by atoms with Gasteiger partial charge in [0.05, 0.1) is 23.5 Å². The van der Waals surface area contributed by atoms with Gasteiger partial charge in [-0.25, -0.2) is 4.79 Å². The fourth-order valence-electron chi connectivity index (χ4n) is 1.78. The van der Waals surface area contributed by atoms with Crippen molar-refractivity contribution in [2.45, 2.75) is 19.9 Å². The third-order valence-electron chi connectivity index (χ3n) is 2.99. The summed E-state index contributed by atoms with van der Waals surface area (Å²) in [7, 11) is 1.99. The van der Waals surface area contributed by atoms with Crippen LogP contribution in [-0.2, 0) is 4.74 Å². The molecule has 0 saturated carbocycles. The van der Waals surface area contributed by atoms with Gasteiger partial charge in [-0.3, -0.25) is 0 Å². The molecule has 106 valence electrons. The molecular formula is C14H22N2O2S. The van der Waals surface area contributed by atoms with Crippen molar-refractivity contribution in [2.75, 3.05) is 36.3 Å². The first kappa shape index (κ1) is 15.7. The molecule has 4 nitrogen and oxygen atoms in total. The topological polar surface area (TPSA) is 55.6 Å². The van der Waals surface area contributed by atoms with E-state index >= 15 is 0 Å². The van der Waals surface area contributed by atoms with Gasteiger partial charge < -0.3 is 15.4 Å². The third kappa shape index (κ3) is 4.06. The van der Waals surface area contributed by atoms with Crippen LogP contribution in [0, 0.1) is 0 Å². The van der Waals surface area contributed by atoms with E-state index in [1.807, 2.05) is 7.05 Å². The molecule has 1 aromatic rings. The van der Waals surface area contributed by atoms with E-state index in [1.54, 1.807) is 36.9 Å². The van der Waals surface area contributed by atoms with Gasteiger partial charge >= 0.3 is 5.97 Å². The molecule has 0 aliphatic heterocycles. The molecule has 0 aliphatic carbocycles. The number of carbonyl (C=O) groups excluding carboxylic acids is 1. The molecule has 0 amide bonds. The van der Waals surface area contributed by atoms with Crippen LogP contribution < -0.4 is 10.6 Å². The molecule has 0 radical (unpaired) electrons. The summed E-state index contributed by atoms with van der Waals surface area (Å²) in [6.07, 6.45) is 2.07. The molecule has 1 atom stereocenters. The number of ether oxygens (including phenoxy) is 1. The van der Waals surface area contributed by atoms with Crippen molar-refractivity contribution in [3.8, 4) is 0 Å². The van der Waals surface area contributed by atoms with Gasteiger partial charge in [-0.2, -0.15) is 11.8 Å². The van der Waals surface area contributed by atoms with Crippen molar-refractivity contribution in [1.29, 1.82) is 0 Å². The number of anilines is 2. The lowest BCUT2D eigenvalue weighted by Gasteiger charge is -2.28. The van der Waals surface area contributed by atoms with Crippen molar-refractivity contribution < 1.29 is 9.53 Å². The fraction of sp³-hybridized carbons (Fsp3) is 0.500. The van der Waals surface area contributed by atoms with Crippen LogP contribution in [-0.4, -0.2) is 37.7 Å². The van der Waals surface area contributed by atoms with Crippen molar-refractivity contribution in [1.82, 2.24) is 0 Å². The second-order valence-electron chi connectivity index (χ2n) is 4.41. The Morgan fingerprint density at radius 2 is 2.21 bits per heavy atom. The highest BCUT2D eigenvalue weighted by Crippen LogP contribution is 2.26. The number of nitrogens with two attached hydrogens (primary N) is 1. The van der Waals surface area contributed by atoms with Crippen LogP contribution in [0.2, 0.25) is 0 Å². The maximum absolute atomic E-state index is 11.7. The van der Waals surface area contributed by atoms with Crippen LogP contribution in [0.15, 0.2) is 18.2 Å². The average Bonchev–Trinajstić information content (AvgIpc) is 2.39. The number of hydrogen-bond donors (Lipinski definition) is 1. The standard InChI is InChI=1S/C14H22N2O2S/c1-5-18-14(17)11-6-7-12(15)13(8-11)16(3)10(2)9-19-4/h6-8,10H,5,9,15H2,1-4H3. The Morgan fingerprint density at radius 3 is 2.79 bits per heavy atom. The number of carbonyl (C=O) groups is 1. The average molecular weight is 282 g/mol. The van der Waals surface area contributed by atoms with E-state index in [1.165, 1.54) is 0 Å². The zero-order valence-corrected chi connectivity index (χ0v) is 12.8. The number of nitrogens with zero attached hydrogens (tertiary/aromatic N) is 1. The van der Waals surface area contributed by atoms with E-state index in [9.17, 15) is 4.79 Å². The Morgan fingerprint density at radius 1 is 1.53 bits per heavy atom. The first-order valence-electron chi connectivity index (χ1n) is 6.29. The van der Waals surface area contributed by atoms with Crippen molar-refractivity contribution >= 4 is 29.1 Å². The Bertz CT molecular complexity index is 437. The predicted molar refractivity (Wildman–Crippen MR) is 83.1 cm³/mol. The summed E-state index contributed by atoms with van der Waals surface area (Å²) in [4.78, 5) is 13.8. The monoisotopic (exact) mass is 282 g/mol. The molecule has 0 aliphatic rings. The van der Waals surface area contributed by atoms with Gasteiger partial charge in [0.25, 0.3) is 0 Å². The molecule has 19 heavy (non-hydrogen) atoms. The van der Waals surface area contributed by atoms with Gasteiger partial charge in [-0.15, -0.1) is 0 Å². The fourth-order valence-corrected chi connectivity index (χ4v) is 2.49. The highest BCUT2D eigenvalue weighted by atomic mass is 32.2. The highest BCUT2D eigenvalue weighted by molar-refractivity contribution is 7.98. The van der Waals surface area contributed by atoms with E-state index < -0.39 is 0 Å². The number of rotatable bonds is 6. The Balaban J connectivity index is 2.99. The summed E-state index contributed by atoms with van der Waals surface area (Å²) >= 11 is 1.78. The van der Waals surface area contributed by atoms with E-state index in [2.05, 4.69) is 18.1 Å². The zero-order valence-electron chi connectivity index (χ0n) is 12.0. The van der Waals surface area contributed by atoms with Gasteiger partial charge in [0.2, 0.25) is 0 Å². The summed E-state index contributed by atoms with van der Waals surface area (Å²) in [6, 6.07) is 5.59. The molecule has 1 aromatic carbocycles. The van der Waals surface area contributed by atoms with Gasteiger partial charge in [-0.05, 0) is 38.3 Å². The molecule has 0 saturated heterocycles. The summed E-state index contributed by atoms with van der Waals surface area (Å²) in [5.41, 5.74) is 8.07. The molecule has 5 heteroatoms. The van der Waals surface area contributed by atoms with Crippen LogP contribution in [0.4, 0.5) is 11.4 Å². The number of hydrogen-bond acceptors (Lipinski definition) is 5. The zero-order chi connectivity index (χ0) is 14.4. The van der Waals surface area contributed by atoms with Crippen LogP contribution in [0.25, 0.3) is 0 Å². The number of nitrogen functional groups attached to an aromatic ring is 1. The smallest absolute Gasteiger partial charge is 0.338 e. The van der Waals surface area contributed by atoms with Crippen LogP contribution >= 0.6 is 11.8 Å². The van der Waals surface area contributed by atoms with Gasteiger partial charge in [0.15, 0.2) is 0 Å². The number of thioether (sulfide) groups is 1. The van der Waals surface area contributed by atoms with Crippen molar-refractivity contribution in [2.24, 2.45) is 0 Å². The Kier molecular flexibility index (Phi) is 6.02. The largest absolute Gasteiger partial charge is 0.462 e. The van der Waals surface area contributed by atoms with Gasteiger partial charge in [-0.1, -0.05) is 0 Å². The summed E-state index contributed by atoms with van der Waals surface area (Å²) in [6.45, 7) is 4.30. The lowest BCUT2D eigenvalue weighted by atomic mass is 10.1. The summed E-state index contributed by atoms with van der Waals surface area (Å²) < 4.78 is 5.01. The minimum Gasteiger partial charge on any atom is -0.462 e. The lowest BCUT2D eigenvalue weighted by Crippen LogP contribution is -2.31. The van der Waals surface area contributed by atoms with Crippen molar-refractivity contribution in [3.63, 3.8) is 0 Å². The van der Waals surface area contributed by atoms with Gasteiger partial charge in [0, 0.05) is 18.8 Å². The minimum absolute atomic E-state index is 0.310. The Labute approximate surface area is 119 Å². The van der Waals surface area contributed by atoms with E-state index in [0.29, 0.717) is 23.9 Å². The third-order valence-corrected chi connectivity index (χ3v) is 3.81.